The van der Waals surface area contributed by atoms with Crippen molar-refractivity contribution in [3.05, 3.63) is 33.8 Å². The highest BCUT2D eigenvalue weighted by atomic mass is 79.9. The van der Waals surface area contributed by atoms with E-state index in [1.807, 2.05) is 26.0 Å². The Morgan fingerprint density at radius 3 is 2.76 bits per heavy atom. The second-order valence-corrected chi connectivity index (χ2v) is 6.27. The van der Waals surface area contributed by atoms with Crippen LogP contribution in [-0.2, 0) is 12.8 Å². The Hall–Kier alpha value is -0.850. The second kappa shape index (κ2) is 4.12. The normalized spacial score (nSPS) is 23.9. The van der Waals surface area contributed by atoms with Crippen LogP contribution < -0.4 is 0 Å². The zero-order chi connectivity index (χ0) is 12.7. The fourth-order valence-corrected chi connectivity index (χ4v) is 2.79. The molecule has 0 saturated heterocycles. The van der Waals surface area contributed by atoms with Crippen LogP contribution in [0, 0.1) is 16.7 Å². The van der Waals surface area contributed by atoms with Crippen molar-refractivity contribution >= 4 is 15.9 Å². The molecule has 1 aliphatic carbocycles. The van der Waals surface area contributed by atoms with Gasteiger partial charge in [-0.15, -0.1) is 0 Å². The first-order valence-corrected chi connectivity index (χ1v) is 6.58. The van der Waals surface area contributed by atoms with Crippen LogP contribution in [0.1, 0.15) is 31.4 Å². The van der Waals surface area contributed by atoms with Crippen molar-refractivity contribution in [2.24, 2.45) is 5.41 Å². The fourth-order valence-electron chi connectivity index (χ4n) is 2.38. The number of aryl methyl sites for hydroxylation is 1. The molecule has 0 saturated carbocycles. The topological polar surface area (TPSA) is 44.0 Å². The number of hydrogen-bond acceptors (Lipinski definition) is 2. The quantitative estimate of drug-likeness (QED) is 0.864. The van der Waals surface area contributed by atoms with Gasteiger partial charge in [0, 0.05) is 10.9 Å². The Morgan fingerprint density at radius 1 is 1.41 bits per heavy atom. The van der Waals surface area contributed by atoms with Crippen molar-refractivity contribution in [3.63, 3.8) is 0 Å². The maximum atomic E-state index is 10.7. The maximum absolute atomic E-state index is 10.7. The minimum Gasteiger partial charge on any atom is -0.388 e. The lowest BCUT2D eigenvalue weighted by atomic mass is 9.66. The van der Waals surface area contributed by atoms with Crippen LogP contribution in [0.5, 0.6) is 0 Å². The number of nitriles is 1. The van der Waals surface area contributed by atoms with Gasteiger partial charge in [-0.3, -0.25) is 0 Å². The smallest absolute Gasteiger partial charge is 0.0871 e. The third kappa shape index (κ3) is 2.12. The Labute approximate surface area is 110 Å². The number of benzene rings is 1. The summed E-state index contributed by atoms with van der Waals surface area (Å²) in [6.07, 6.45) is 2.05. The molecule has 1 aromatic carbocycles. The summed E-state index contributed by atoms with van der Waals surface area (Å²) in [5, 5.41) is 19.9. The Morgan fingerprint density at radius 2 is 2.12 bits per heavy atom. The number of rotatable bonds is 1. The van der Waals surface area contributed by atoms with Crippen LogP contribution in [0.15, 0.2) is 22.7 Å². The Kier molecular flexibility index (Phi) is 3.05. The lowest BCUT2D eigenvalue weighted by molar-refractivity contribution is -0.0497. The number of nitrogens with zero attached hydrogens (tertiary/aromatic N) is 1. The van der Waals surface area contributed by atoms with E-state index in [0.29, 0.717) is 12.8 Å². The fraction of sp³-hybridized carbons (Fsp3) is 0.500. The number of fused-ring (bicyclic) bond motifs is 1. The molecule has 17 heavy (non-hydrogen) atoms. The van der Waals surface area contributed by atoms with Gasteiger partial charge in [0.25, 0.3) is 0 Å². The Bertz CT molecular complexity index is 489. The summed E-state index contributed by atoms with van der Waals surface area (Å²) in [4.78, 5) is 0. The molecule has 90 valence electrons. The monoisotopic (exact) mass is 293 g/mol. The van der Waals surface area contributed by atoms with Gasteiger partial charge in [-0.05, 0) is 49.9 Å². The van der Waals surface area contributed by atoms with Crippen molar-refractivity contribution < 1.29 is 5.11 Å². The van der Waals surface area contributed by atoms with E-state index in [1.54, 1.807) is 0 Å². The highest BCUT2D eigenvalue weighted by molar-refractivity contribution is 9.10. The summed E-state index contributed by atoms with van der Waals surface area (Å²) < 4.78 is 1.07. The molecular weight excluding hydrogens is 278 g/mol. The summed E-state index contributed by atoms with van der Waals surface area (Å²) in [6.45, 7) is 3.63. The van der Waals surface area contributed by atoms with Gasteiger partial charge < -0.3 is 5.11 Å². The number of aliphatic hydroxyl groups is 1. The predicted molar refractivity (Wildman–Crippen MR) is 70.5 cm³/mol. The summed E-state index contributed by atoms with van der Waals surface area (Å²) in [5.74, 6) is 0. The molecule has 1 N–H and O–H groups in total. The molecule has 0 spiro atoms. The summed E-state index contributed by atoms with van der Waals surface area (Å²) in [5.41, 5.74) is 0.809. The summed E-state index contributed by atoms with van der Waals surface area (Å²) >= 11 is 3.46. The summed E-state index contributed by atoms with van der Waals surface area (Å²) in [7, 11) is 0. The molecule has 2 nitrogen and oxygen atoms in total. The lowest BCUT2D eigenvalue weighted by Gasteiger charge is -2.41. The van der Waals surface area contributed by atoms with Gasteiger partial charge in [-0.25, -0.2) is 0 Å². The lowest BCUT2D eigenvalue weighted by Crippen LogP contribution is -2.48. The number of halogens is 1. The van der Waals surface area contributed by atoms with Crippen LogP contribution in [0.25, 0.3) is 0 Å². The van der Waals surface area contributed by atoms with Gasteiger partial charge in [-0.1, -0.05) is 22.0 Å². The molecule has 1 aromatic rings. The molecule has 0 heterocycles. The van der Waals surface area contributed by atoms with E-state index in [1.165, 1.54) is 5.56 Å². The average molecular weight is 294 g/mol. The predicted octanol–water partition coefficient (Wildman–Crippen LogP) is 3.22. The Balaban J connectivity index is 2.37. The molecule has 0 radical (unpaired) electrons. The van der Waals surface area contributed by atoms with Gasteiger partial charge in [0.15, 0.2) is 0 Å². The van der Waals surface area contributed by atoms with Gasteiger partial charge in [-0.2, -0.15) is 5.26 Å². The van der Waals surface area contributed by atoms with Crippen LogP contribution >= 0.6 is 15.9 Å². The molecule has 0 aliphatic heterocycles. The molecule has 0 bridgehead atoms. The van der Waals surface area contributed by atoms with E-state index in [4.69, 9.17) is 0 Å². The molecular formula is C14H16BrNO. The van der Waals surface area contributed by atoms with Crippen molar-refractivity contribution in [2.45, 2.75) is 38.7 Å². The molecule has 2 rings (SSSR count). The van der Waals surface area contributed by atoms with E-state index < -0.39 is 11.0 Å². The van der Waals surface area contributed by atoms with Crippen LogP contribution in [0.3, 0.4) is 0 Å². The molecule has 0 fully saturated rings. The van der Waals surface area contributed by atoms with Gasteiger partial charge >= 0.3 is 0 Å². The molecule has 3 heteroatoms. The van der Waals surface area contributed by atoms with E-state index in [9.17, 15) is 10.4 Å². The first-order chi connectivity index (χ1) is 7.88. The van der Waals surface area contributed by atoms with E-state index in [0.717, 1.165) is 16.5 Å². The third-order valence-electron chi connectivity index (χ3n) is 3.90. The van der Waals surface area contributed by atoms with Crippen molar-refractivity contribution in [1.29, 1.82) is 5.26 Å². The zero-order valence-corrected chi connectivity index (χ0v) is 11.7. The van der Waals surface area contributed by atoms with Crippen molar-refractivity contribution in [3.8, 4) is 6.07 Å². The van der Waals surface area contributed by atoms with Crippen molar-refractivity contribution in [2.75, 3.05) is 0 Å². The SMILES string of the molecule is CC(C)(C#N)C1(O)CCc2cc(Br)ccc2C1. The minimum absolute atomic E-state index is 0.566. The minimum atomic E-state index is -0.914. The van der Waals surface area contributed by atoms with Crippen LogP contribution in [0.4, 0.5) is 0 Å². The first-order valence-electron chi connectivity index (χ1n) is 5.79. The largest absolute Gasteiger partial charge is 0.388 e. The standard InChI is InChI=1S/C14H16BrNO/c1-13(2,9-16)14(17)6-5-10-7-12(15)4-3-11(10)8-14/h3-4,7,17H,5-6,8H2,1-2H3. The zero-order valence-electron chi connectivity index (χ0n) is 10.1. The molecule has 0 aromatic heterocycles. The first kappa shape index (κ1) is 12.6. The van der Waals surface area contributed by atoms with Gasteiger partial charge in [0.05, 0.1) is 17.1 Å². The van der Waals surface area contributed by atoms with E-state index in [2.05, 4.69) is 28.1 Å². The van der Waals surface area contributed by atoms with Gasteiger partial charge in [0.1, 0.15) is 0 Å². The van der Waals surface area contributed by atoms with Crippen molar-refractivity contribution in [1.82, 2.24) is 0 Å². The maximum Gasteiger partial charge on any atom is 0.0871 e. The average Bonchev–Trinajstić information content (AvgIpc) is 2.29. The van der Waals surface area contributed by atoms with Gasteiger partial charge in [0.2, 0.25) is 0 Å². The number of hydrogen-bond donors (Lipinski definition) is 1. The molecule has 1 unspecified atom stereocenters. The van der Waals surface area contributed by atoms with Crippen LogP contribution in [-0.4, -0.2) is 10.7 Å². The molecule has 1 atom stereocenters. The van der Waals surface area contributed by atoms with E-state index in [-0.39, 0.29) is 0 Å². The highest BCUT2D eigenvalue weighted by Crippen LogP contribution is 2.41. The second-order valence-electron chi connectivity index (χ2n) is 5.36. The molecule has 1 aliphatic rings. The summed E-state index contributed by atoms with van der Waals surface area (Å²) in [6, 6.07) is 8.37. The third-order valence-corrected chi connectivity index (χ3v) is 4.40. The van der Waals surface area contributed by atoms with E-state index >= 15 is 0 Å². The molecule has 0 amide bonds. The van der Waals surface area contributed by atoms with Crippen LogP contribution in [0.2, 0.25) is 0 Å². The highest BCUT2D eigenvalue weighted by Gasteiger charge is 2.45.